The molecule has 0 amide bonds. The van der Waals surface area contributed by atoms with Crippen molar-refractivity contribution in [1.29, 1.82) is 0 Å². The van der Waals surface area contributed by atoms with Crippen LogP contribution in [0.25, 0.3) is 0 Å². The first-order chi connectivity index (χ1) is 17.8. The molecule has 1 aliphatic heterocycles. The summed E-state index contributed by atoms with van der Waals surface area (Å²) in [5.74, 6) is 0. The standard InChI is InChI=1S/C33H69N3/c1-4-6-8-10-12-14-15-16-18-20-23-27-35(26-22-19-17-13-11-9-7-5-2)28-24-21-25-29-36-32-30-34(3)31-33-36/h4-33H2,1-3H3. The van der Waals surface area contributed by atoms with Crippen LogP contribution in [0.4, 0.5) is 0 Å². The third-order valence-corrected chi connectivity index (χ3v) is 8.45. The molecule has 3 nitrogen and oxygen atoms in total. The minimum atomic E-state index is 1.26. The van der Waals surface area contributed by atoms with Crippen LogP contribution < -0.4 is 0 Å². The van der Waals surface area contributed by atoms with Crippen LogP contribution in [0.15, 0.2) is 0 Å². The van der Waals surface area contributed by atoms with Gasteiger partial charge in [-0.3, -0.25) is 0 Å². The average molecular weight is 508 g/mol. The van der Waals surface area contributed by atoms with Gasteiger partial charge in [0.25, 0.3) is 0 Å². The lowest BCUT2D eigenvalue weighted by molar-refractivity contribution is 0.151. The Labute approximate surface area is 229 Å². The van der Waals surface area contributed by atoms with Gasteiger partial charge in [0.2, 0.25) is 0 Å². The first kappa shape index (κ1) is 33.9. The lowest BCUT2D eigenvalue weighted by atomic mass is 10.1. The summed E-state index contributed by atoms with van der Waals surface area (Å²) >= 11 is 0. The third kappa shape index (κ3) is 21.9. The van der Waals surface area contributed by atoms with Crippen molar-refractivity contribution in [2.24, 2.45) is 0 Å². The molecule has 0 aromatic carbocycles. The van der Waals surface area contributed by atoms with Crippen LogP contribution in [0.1, 0.15) is 155 Å². The number of likely N-dealkylation sites (N-methyl/N-ethyl adjacent to an activating group) is 1. The molecule has 1 rings (SSSR count). The maximum Gasteiger partial charge on any atom is 0.0110 e. The van der Waals surface area contributed by atoms with E-state index in [1.54, 1.807) is 0 Å². The van der Waals surface area contributed by atoms with E-state index in [2.05, 4.69) is 35.6 Å². The molecule has 0 aromatic rings. The summed E-state index contributed by atoms with van der Waals surface area (Å²) in [7, 11) is 2.26. The summed E-state index contributed by atoms with van der Waals surface area (Å²) in [6.07, 6.45) is 31.7. The van der Waals surface area contributed by atoms with Crippen molar-refractivity contribution in [3.63, 3.8) is 0 Å². The van der Waals surface area contributed by atoms with Gasteiger partial charge in [-0.05, 0) is 58.9 Å². The molecule has 0 atom stereocenters. The Morgan fingerprint density at radius 1 is 0.417 bits per heavy atom. The highest BCUT2D eigenvalue weighted by Gasteiger charge is 2.13. The zero-order valence-electron chi connectivity index (χ0n) is 25.6. The minimum absolute atomic E-state index is 1.26. The Morgan fingerprint density at radius 3 is 1.14 bits per heavy atom. The number of piperazine rings is 1. The maximum atomic E-state index is 2.83. The Kier molecular flexibility index (Phi) is 24.9. The highest BCUT2D eigenvalue weighted by atomic mass is 15.2. The maximum absolute atomic E-state index is 2.83. The van der Waals surface area contributed by atoms with Gasteiger partial charge in [-0.1, -0.05) is 129 Å². The fourth-order valence-corrected chi connectivity index (χ4v) is 5.72. The van der Waals surface area contributed by atoms with Crippen molar-refractivity contribution in [1.82, 2.24) is 14.7 Å². The van der Waals surface area contributed by atoms with Gasteiger partial charge < -0.3 is 14.7 Å². The van der Waals surface area contributed by atoms with E-state index < -0.39 is 0 Å². The summed E-state index contributed by atoms with van der Waals surface area (Å²) in [6, 6.07) is 0. The topological polar surface area (TPSA) is 9.72 Å². The predicted octanol–water partition coefficient (Wildman–Crippen LogP) is 9.16. The molecular formula is C33H69N3. The smallest absolute Gasteiger partial charge is 0.0110 e. The van der Waals surface area contributed by atoms with E-state index in [-0.39, 0.29) is 0 Å². The van der Waals surface area contributed by atoms with Gasteiger partial charge in [-0.25, -0.2) is 0 Å². The van der Waals surface area contributed by atoms with E-state index in [0.29, 0.717) is 0 Å². The van der Waals surface area contributed by atoms with Crippen LogP contribution in [-0.2, 0) is 0 Å². The summed E-state index contributed by atoms with van der Waals surface area (Å²) < 4.78 is 0. The molecule has 0 bridgehead atoms. The zero-order chi connectivity index (χ0) is 25.9. The molecule has 0 N–H and O–H groups in total. The molecule has 0 saturated carbocycles. The largest absolute Gasteiger partial charge is 0.304 e. The highest BCUT2D eigenvalue weighted by Crippen LogP contribution is 2.13. The van der Waals surface area contributed by atoms with Gasteiger partial charge in [0.15, 0.2) is 0 Å². The van der Waals surface area contributed by atoms with E-state index in [9.17, 15) is 0 Å². The van der Waals surface area contributed by atoms with E-state index in [0.717, 1.165) is 0 Å². The monoisotopic (exact) mass is 508 g/mol. The van der Waals surface area contributed by atoms with Crippen LogP contribution in [0.5, 0.6) is 0 Å². The van der Waals surface area contributed by atoms with Crippen molar-refractivity contribution >= 4 is 0 Å². The first-order valence-corrected chi connectivity index (χ1v) is 16.9. The molecule has 0 spiro atoms. The molecule has 0 radical (unpaired) electrons. The number of hydrogen-bond acceptors (Lipinski definition) is 3. The molecule has 3 heteroatoms. The average Bonchev–Trinajstić information content (AvgIpc) is 2.89. The molecule has 1 heterocycles. The van der Waals surface area contributed by atoms with Crippen LogP contribution in [0, 0.1) is 0 Å². The fourth-order valence-electron chi connectivity index (χ4n) is 5.72. The Hall–Kier alpha value is -0.120. The van der Waals surface area contributed by atoms with Crippen molar-refractivity contribution in [3.8, 4) is 0 Å². The fraction of sp³-hybridized carbons (Fsp3) is 1.00. The third-order valence-electron chi connectivity index (χ3n) is 8.45. The van der Waals surface area contributed by atoms with Gasteiger partial charge in [-0.15, -0.1) is 0 Å². The summed E-state index contributed by atoms with van der Waals surface area (Å²) in [5, 5.41) is 0. The molecule has 0 unspecified atom stereocenters. The molecule has 0 aliphatic carbocycles. The number of nitrogens with zero attached hydrogens (tertiary/aromatic N) is 3. The Balaban J connectivity index is 2.10. The van der Waals surface area contributed by atoms with Crippen molar-refractivity contribution in [3.05, 3.63) is 0 Å². The lowest BCUT2D eigenvalue weighted by Crippen LogP contribution is -2.44. The summed E-state index contributed by atoms with van der Waals surface area (Å²) in [5.41, 5.74) is 0. The predicted molar refractivity (Wildman–Crippen MR) is 163 cm³/mol. The van der Waals surface area contributed by atoms with Crippen LogP contribution in [0.2, 0.25) is 0 Å². The summed E-state index contributed by atoms with van der Waals surface area (Å²) in [6.45, 7) is 15.1. The quantitative estimate of drug-likeness (QED) is 0.103. The van der Waals surface area contributed by atoms with E-state index in [1.165, 1.54) is 194 Å². The van der Waals surface area contributed by atoms with Crippen molar-refractivity contribution in [2.45, 2.75) is 155 Å². The first-order valence-electron chi connectivity index (χ1n) is 16.9. The number of rotatable bonds is 27. The van der Waals surface area contributed by atoms with Crippen LogP contribution in [0.3, 0.4) is 0 Å². The van der Waals surface area contributed by atoms with E-state index >= 15 is 0 Å². The van der Waals surface area contributed by atoms with E-state index in [4.69, 9.17) is 0 Å². The second kappa shape index (κ2) is 26.5. The molecule has 1 saturated heterocycles. The summed E-state index contributed by atoms with van der Waals surface area (Å²) in [4.78, 5) is 7.98. The molecular weight excluding hydrogens is 438 g/mol. The molecule has 36 heavy (non-hydrogen) atoms. The second-order valence-electron chi connectivity index (χ2n) is 12.1. The SMILES string of the molecule is CCCCCCCCCCCCCN(CCCCCCCCCC)CCCCCN1CCN(C)CC1. The van der Waals surface area contributed by atoms with Gasteiger partial charge >= 0.3 is 0 Å². The van der Waals surface area contributed by atoms with Gasteiger partial charge in [-0.2, -0.15) is 0 Å². The molecule has 1 fully saturated rings. The van der Waals surface area contributed by atoms with Crippen molar-refractivity contribution in [2.75, 3.05) is 59.4 Å². The van der Waals surface area contributed by atoms with Gasteiger partial charge in [0, 0.05) is 26.2 Å². The highest BCUT2D eigenvalue weighted by molar-refractivity contribution is 4.69. The second-order valence-corrected chi connectivity index (χ2v) is 12.1. The molecule has 0 aromatic heterocycles. The Morgan fingerprint density at radius 2 is 0.750 bits per heavy atom. The Bertz CT molecular complexity index is 419. The lowest BCUT2D eigenvalue weighted by Gasteiger charge is -2.32. The molecule has 1 aliphatic rings. The number of unbranched alkanes of at least 4 members (excludes halogenated alkanes) is 19. The van der Waals surface area contributed by atoms with Crippen molar-refractivity contribution < 1.29 is 0 Å². The van der Waals surface area contributed by atoms with E-state index in [1.807, 2.05) is 0 Å². The number of hydrogen-bond donors (Lipinski definition) is 0. The van der Waals surface area contributed by atoms with Gasteiger partial charge in [0.05, 0.1) is 0 Å². The zero-order valence-corrected chi connectivity index (χ0v) is 25.6. The van der Waals surface area contributed by atoms with Crippen LogP contribution in [-0.4, -0.2) is 74.1 Å². The minimum Gasteiger partial charge on any atom is -0.304 e. The van der Waals surface area contributed by atoms with Gasteiger partial charge in [0.1, 0.15) is 0 Å². The molecule has 216 valence electrons. The van der Waals surface area contributed by atoms with Crippen LogP contribution >= 0.6 is 0 Å². The normalized spacial score (nSPS) is 15.3.